The van der Waals surface area contributed by atoms with Gasteiger partial charge in [-0.05, 0) is 6.08 Å². The van der Waals surface area contributed by atoms with E-state index >= 15 is 0 Å². The molecule has 10 heavy (non-hydrogen) atoms. The fourth-order valence-electron chi connectivity index (χ4n) is 0.866. The third kappa shape index (κ3) is 1.21. The maximum absolute atomic E-state index is 4.11. The Labute approximate surface area is 60.7 Å². The molecule has 0 bridgehead atoms. The molecule has 52 valence electrons. The van der Waals surface area contributed by atoms with Crippen molar-refractivity contribution >= 4 is 11.9 Å². The minimum absolute atomic E-state index is 0.857. The normalized spacial score (nSPS) is 24.5. The number of rotatable bonds is 1. The van der Waals surface area contributed by atoms with E-state index in [1.807, 2.05) is 12.3 Å². The molecule has 0 unspecified atom stereocenters. The van der Waals surface area contributed by atoms with Gasteiger partial charge in [0.15, 0.2) is 0 Å². The Morgan fingerprint density at radius 2 is 2.60 bits per heavy atom. The minimum atomic E-state index is 0.857. The summed E-state index contributed by atoms with van der Waals surface area (Å²) in [7, 11) is 1.78. The number of nitrogens with zero attached hydrogens (tertiary/aromatic N) is 2. The van der Waals surface area contributed by atoms with Crippen LogP contribution in [0.2, 0.25) is 0 Å². The maximum atomic E-state index is 4.11. The molecule has 0 saturated carbocycles. The molecule has 1 aliphatic rings. The Balaban J connectivity index is 2.86. The van der Waals surface area contributed by atoms with Crippen LogP contribution in [-0.4, -0.2) is 19.0 Å². The van der Waals surface area contributed by atoms with Crippen molar-refractivity contribution in [2.24, 2.45) is 9.98 Å². The monoisotopic (exact) mass is 134 g/mol. The second kappa shape index (κ2) is 3.11. The van der Waals surface area contributed by atoms with Crippen LogP contribution in [0.15, 0.2) is 34.4 Å². The van der Waals surface area contributed by atoms with Crippen molar-refractivity contribution in [1.29, 1.82) is 0 Å². The van der Waals surface area contributed by atoms with Crippen molar-refractivity contribution in [3.63, 3.8) is 0 Å². The first-order chi connectivity index (χ1) is 4.88. The van der Waals surface area contributed by atoms with Crippen molar-refractivity contribution in [2.75, 3.05) is 7.05 Å². The lowest BCUT2D eigenvalue weighted by Gasteiger charge is -1.91. The molecule has 0 saturated heterocycles. The zero-order chi connectivity index (χ0) is 7.40. The third-order valence-electron chi connectivity index (χ3n) is 1.36. The zero-order valence-electron chi connectivity index (χ0n) is 6.04. The first-order valence-corrected chi connectivity index (χ1v) is 3.19. The second-order valence-electron chi connectivity index (χ2n) is 1.97. The summed E-state index contributed by atoms with van der Waals surface area (Å²) in [5.41, 5.74) is 1.98. The van der Waals surface area contributed by atoms with E-state index in [0.717, 1.165) is 17.8 Å². The van der Waals surface area contributed by atoms with Gasteiger partial charge in [-0.3, -0.25) is 9.98 Å². The minimum Gasteiger partial charge on any atom is -0.290 e. The van der Waals surface area contributed by atoms with E-state index in [1.54, 1.807) is 13.1 Å². The number of hydrogen-bond donors (Lipinski definition) is 0. The van der Waals surface area contributed by atoms with Gasteiger partial charge < -0.3 is 0 Å². The molecule has 0 N–H and O–H groups in total. The number of hydrogen-bond acceptors (Lipinski definition) is 2. The number of allylic oxidation sites excluding steroid dienone is 3. The Morgan fingerprint density at radius 1 is 1.80 bits per heavy atom. The molecule has 0 aromatic rings. The molecule has 0 atom stereocenters. The molecule has 0 aliphatic carbocycles. The first kappa shape index (κ1) is 6.93. The number of aliphatic imine (C=N–C) groups is 2. The molecule has 0 aromatic heterocycles. The van der Waals surface area contributed by atoms with E-state index in [0.29, 0.717) is 0 Å². The summed E-state index contributed by atoms with van der Waals surface area (Å²) in [5, 5.41) is 0. The highest BCUT2D eigenvalue weighted by atomic mass is 14.8. The van der Waals surface area contributed by atoms with Crippen LogP contribution >= 0.6 is 0 Å². The zero-order valence-corrected chi connectivity index (χ0v) is 6.04. The molecule has 1 rings (SSSR count). The van der Waals surface area contributed by atoms with Crippen LogP contribution in [0.4, 0.5) is 0 Å². The molecule has 0 amide bonds. The molecule has 2 nitrogen and oxygen atoms in total. The van der Waals surface area contributed by atoms with Gasteiger partial charge in [0.1, 0.15) is 0 Å². The van der Waals surface area contributed by atoms with Crippen molar-refractivity contribution in [3.8, 4) is 0 Å². The van der Waals surface area contributed by atoms with E-state index in [4.69, 9.17) is 0 Å². The molecule has 0 aromatic carbocycles. The van der Waals surface area contributed by atoms with Crippen molar-refractivity contribution < 1.29 is 0 Å². The fourth-order valence-corrected chi connectivity index (χ4v) is 0.866. The van der Waals surface area contributed by atoms with Gasteiger partial charge in [0.05, 0.1) is 11.4 Å². The van der Waals surface area contributed by atoms with Gasteiger partial charge in [0.2, 0.25) is 0 Å². The van der Waals surface area contributed by atoms with Crippen molar-refractivity contribution in [2.45, 2.75) is 6.42 Å². The van der Waals surface area contributed by atoms with E-state index in [-0.39, 0.29) is 0 Å². The average Bonchev–Trinajstić information content (AvgIpc) is 2.36. The Hall–Kier alpha value is -1.18. The van der Waals surface area contributed by atoms with Crippen LogP contribution in [0.3, 0.4) is 0 Å². The van der Waals surface area contributed by atoms with Gasteiger partial charge >= 0.3 is 0 Å². The topological polar surface area (TPSA) is 24.7 Å². The third-order valence-corrected chi connectivity index (χ3v) is 1.36. The predicted molar refractivity (Wildman–Crippen MR) is 44.7 cm³/mol. The van der Waals surface area contributed by atoms with Gasteiger partial charge in [-0.1, -0.05) is 12.7 Å². The molecule has 0 fully saturated rings. The molecule has 1 heterocycles. The maximum Gasteiger partial charge on any atom is 0.0839 e. The highest BCUT2D eigenvalue weighted by Gasteiger charge is 2.07. The van der Waals surface area contributed by atoms with Gasteiger partial charge in [-0.25, -0.2) is 0 Å². The lowest BCUT2D eigenvalue weighted by molar-refractivity contribution is 1.38. The molecular formula is C8H10N2. The largest absolute Gasteiger partial charge is 0.290 e. The summed E-state index contributed by atoms with van der Waals surface area (Å²) in [6.07, 6.45) is 6.31. The standard InChI is InChI=1S/C8H10N2/c1-3-4-8-7(9-2)5-6-10-8/h3-4,6H,1,5H2,2H3. The summed E-state index contributed by atoms with van der Waals surface area (Å²) in [4.78, 5) is 8.17. The van der Waals surface area contributed by atoms with Crippen LogP contribution in [0.25, 0.3) is 0 Å². The van der Waals surface area contributed by atoms with E-state index in [2.05, 4.69) is 16.6 Å². The second-order valence-corrected chi connectivity index (χ2v) is 1.97. The molecule has 1 aliphatic heterocycles. The molecule has 2 heteroatoms. The van der Waals surface area contributed by atoms with Crippen LogP contribution in [0, 0.1) is 0 Å². The van der Waals surface area contributed by atoms with Gasteiger partial charge in [0.25, 0.3) is 0 Å². The molecule has 0 spiro atoms. The summed E-state index contributed by atoms with van der Waals surface area (Å²) in [6, 6.07) is 0. The van der Waals surface area contributed by atoms with Gasteiger partial charge in [-0.15, -0.1) is 0 Å². The Bertz CT molecular complexity index is 221. The van der Waals surface area contributed by atoms with Crippen LogP contribution in [0.1, 0.15) is 6.42 Å². The lowest BCUT2D eigenvalue weighted by atomic mass is 10.2. The van der Waals surface area contributed by atoms with Crippen molar-refractivity contribution in [1.82, 2.24) is 0 Å². The Morgan fingerprint density at radius 3 is 3.20 bits per heavy atom. The smallest absolute Gasteiger partial charge is 0.0839 e. The lowest BCUT2D eigenvalue weighted by Crippen LogP contribution is -1.93. The van der Waals surface area contributed by atoms with Gasteiger partial charge in [-0.2, -0.15) is 0 Å². The molecule has 0 radical (unpaired) electrons. The SMILES string of the molecule is C=CC=C1N=CCC1=NC. The summed E-state index contributed by atoms with van der Waals surface area (Å²) >= 11 is 0. The average molecular weight is 134 g/mol. The summed E-state index contributed by atoms with van der Waals surface area (Å²) in [6.45, 7) is 3.59. The first-order valence-electron chi connectivity index (χ1n) is 3.19. The quantitative estimate of drug-likeness (QED) is 0.520. The molecular weight excluding hydrogens is 124 g/mol. The van der Waals surface area contributed by atoms with E-state index < -0.39 is 0 Å². The van der Waals surface area contributed by atoms with Crippen molar-refractivity contribution in [3.05, 3.63) is 24.4 Å². The summed E-state index contributed by atoms with van der Waals surface area (Å²) in [5.74, 6) is 0. The van der Waals surface area contributed by atoms with Gasteiger partial charge in [0, 0.05) is 19.7 Å². The Kier molecular flexibility index (Phi) is 2.15. The fraction of sp³-hybridized carbons (Fsp3) is 0.250. The predicted octanol–water partition coefficient (Wildman–Crippen LogP) is 1.60. The van der Waals surface area contributed by atoms with E-state index in [9.17, 15) is 0 Å². The van der Waals surface area contributed by atoms with Crippen LogP contribution in [-0.2, 0) is 0 Å². The highest BCUT2D eigenvalue weighted by Crippen LogP contribution is 2.09. The summed E-state index contributed by atoms with van der Waals surface area (Å²) < 4.78 is 0. The van der Waals surface area contributed by atoms with Crippen LogP contribution < -0.4 is 0 Å². The van der Waals surface area contributed by atoms with Crippen LogP contribution in [0.5, 0.6) is 0 Å². The highest BCUT2D eigenvalue weighted by molar-refractivity contribution is 6.11. The van der Waals surface area contributed by atoms with E-state index in [1.165, 1.54) is 0 Å².